The van der Waals surface area contributed by atoms with E-state index in [-0.39, 0.29) is 15.4 Å². The van der Waals surface area contributed by atoms with Gasteiger partial charge in [-0.1, -0.05) is 0 Å². The fourth-order valence-corrected chi connectivity index (χ4v) is 2.68. The molecule has 0 radical (unpaired) electrons. The summed E-state index contributed by atoms with van der Waals surface area (Å²) in [4.78, 5) is 24.4. The third-order valence-corrected chi connectivity index (χ3v) is 4.21. The number of ether oxygens (including phenoxy) is 1. The minimum absolute atomic E-state index is 0.0444. The number of aromatic hydroxyl groups is 1. The Hall–Kier alpha value is -2.54. The van der Waals surface area contributed by atoms with Gasteiger partial charge in [0.15, 0.2) is 5.75 Å². The zero-order chi connectivity index (χ0) is 16.7. The lowest BCUT2D eigenvalue weighted by Gasteiger charge is -2.12. The van der Waals surface area contributed by atoms with Gasteiger partial charge in [-0.25, -0.2) is 4.79 Å². The first-order chi connectivity index (χ1) is 10.9. The van der Waals surface area contributed by atoms with Gasteiger partial charge in [-0.15, -0.1) is 0 Å². The number of benzene rings is 1. The van der Waals surface area contributed by atoms with Gasteiger partial charge < -0.3 is 14.3 Å². The van der Waals surface area contributed by atoms with E-state index < -0.39 is 16.9 Å². The molecule has 0 atom stereocenters. The quantitative estimate of drug-likeness (QED) is 0.742. The number of methoxy groups -OCH3 is 1. The van der Waals surface area contributed by atoms with Crippen LogP contribution in [0.3, 0.4) is 0 Å². The summed E-state index contributed by atoms with van der Waals surface area (Å²) < 4.78 is 11.4. The van der Waals surface area contributed by atoms with Gasteiger partial charge in [0.25, 0.3) is 5.56 Å². The topological polar surface area (TPSA) is 81.7 Å². The molecular weight excluding hydrogens is 366 g/mol. The lowest BCUT2D eigenvalue weighted by molar-refractivity contribution is 0.414. The van der Waals surface area contributed by atoms with Crippen molar-refractivity contribution >= 4 is 26.9 Å². The summed E-state index contributed by atoms with van der Waals surface area (Å²) in [6.07, 6.45) is 0. The highest BCUT2D eigenvalue weighted by molar-refractivity contribution is 9.10. The highest BCUT2D eigenvalue weighted by Crippen LogP contribution is 2.28. The Bertz CT molecular complexity index is 1020. The molecule has 0 amide bonds. The number of pyridine rings is 1. The maximum absolute atomic E-state index is 12.8. The molecule has 2 aromatic heterocycles. The summed E-state index contributed by atoms with van der Waals surface area (Å²) in [7, 11) is 1.56. The highest BCUT2D eigenvalue weighted by atomic mass is 79.9. The number of nitrogens with zero attached hydrogens (tertiary/aromatic N) is 1. The Balaban J connectivity index is 2.38. The molecule has 118 valence electrons. The van der Waals surface area contributed by atoms with Crippen molar-refractivity contribution in [1.29, 1.82) is 0 Å². The summed E-state index contributed by atoms with van der Waals surface area (Å²) >= 11 is 2.93. The number of aryl methyl sites for hydroxylation is 1. The van der Waals surface area contributed by atoms with Crippen LogP contribution in [0.5, 0.6) is 11.5 Å². The van der Waals surface area contributed by atoms with E-state index in [0.717, 1.165) is 0 Å². The van der Waals surface area contributed by atoms with Gasteiger partial charge in [0.1, 0.15) is 21.2 Å². The van der Waals surface area contributed by atoms with Crippen LogP contribution in [-0.2, 0) is 0 Å². The molecule has 3 rings (SSSR count). The van der Waals surface area contributed by atoms with E-state index in [9.17, 15) is 14.7 Å². The van der Waals surface area contributed by atoms with Crippen molar-refractivity contribution in [2.75, 3.05) is 7.11 Å². The number of aromatic nitrogens is 1. The molecular formula is C16H12BrNO5. The molecule has 1 N–H and O–H groups in total. The fraction of sp³-hybridized carbons (Fsp3) is 0.125. The van der Waals surface area contributed by atoms with E-state index in [1.165, 1.54) is 10.6 Å². The van der Waals surface area contributed by atoms with Crippen molar-refractivity contribution < 1.29 is 14.3 Å². The summed E-state index contributed by atoms with van der Waals surface area (Å²) in [5.74, 6) is 0.236. The Labute approximate surface area is 138 Å². The first kappa shape index (κ1) is 15.4. The second kappa shape index (κ2) is 5.58. The molecule has 1 aromatic carbocycles. The third kappa shape index (κ3) is 2.43. The van der Waals surface area contributed by atoms with Crippen LogP contribution in [0.15, 0.2) is 48.8 Å². The van der Waals surface area contributed by atoms with Gasteiger partial charge in [-0.05, 0) is 47.1 Å². The summed E-state index contributed by atoms with van der Waals surface area (Å²) in [6.45, 7) is 1.71. The van der Waals surface area contributed by atoms with Crippen LogP contribution in [0.1, 0.15) is 5.69 Å². The van der Waals surface area contributed by atoms with E-state index in [1.54, 1.807) is 38.3 Å². The molecule has 0 fully saturated rings. The lowest BCUT2D eigenvalue weighted by atomic mass is 10.2. The van der Waals surface area contributed by atoms with Gasteiger partial charge >= 0.3 is 5.63 Å². The van der Waals surface area contributed by atoms with Crippen molar-refractivity contribution in [3.8, 4) is 17.2 Å². The molecule has 0 unspecified atom stereocenters. The number of fused-ring (bicyclic) bond motifs is 1. The normalized spacial score (nSPS) is 10.9. The van der Waals surface area contributed by atoms with Crippen LogP contribution in [0.2, 0.25) is 0 Å². The first-order valence-corrected chi connectivity index (χ1v) is 7.45. The molecule has 23 heavy (non-hydrogen) atoms. The molecule has 0 saturated carbocycles. The average Bonchev–Trinajstić information content (AvgIpc) is 2.53. The fourth-order valence-electron chi connectivity index (χ4n) is 2.41. The van der Waals surface area contributed by atoms with E-state index in [4.69, 9.17) is 9.15 Å². The van der Waals surface area contributed by atoms with Crippen molar-refractivity contribution in [3.05, 3.63) is 61.3 Å². The smallest absolute Gasteiger partial charge is 0.354 e. The maximum Gasteiger partial charge on any atom is 0.354 e. The number of rotatable bonds is 2. The maximum atomic E-state index is 12.8. The third-order valence-electron chi connectivity index (χ3n) is 3.51. The Kier molecular flexibility index (Phi) is 3.73. The molecule has 3 aromatic rings. The number of hydrogen-bond acceptors (Lipinski definition) is 5. The molecule has 0 aliphatic rings. The second-order valence-corrected chi connectivity index (χ2v) is 5.71. The van der Waals surface area contributed by atoms with Crippen molar-refractivity contribution in [3.63, 3.8) is 0 Å². The first-order valence-electron chi connectivity index (χ1n) is 6.66. The van der Waals surface area contributed by atoms with Gasteiger partial charge in [-0.2, -0.15) is 0 Å². The highest BCUT2D eigenvalue weighted by Gasteiger charge is 2.18. The van der Waals surface area contributed by atoms with Crippen molar-refractivity contribution in [2.45, 2.75) is 6.92 Å². The Morgan fingerprint density at radius 1 is 1.22 bits per heavy atom. The monoisotopic (exact) mass is 377 g/mol. The van der Waals surface area contributed by atoms with E-state index >= 15 is 0 Å². The van der Waals surface area contributed by atoms with Crippen LogP contribution >= 0.6 is 15.9 Å². The van der Waals surface area contributed by atoms with E-state index in [2.05, 4.69) is 15.9 Å². The molecule has 0 spiro atoms. The van der Waals surface area contributed by atoms with Gasteiger partial charge in [0.2, 0.25) is 0 Å². The summed E-state index contributed by atoms with van der Waals surface area (Å²) in [5.41, 5.74) is 0.000498. The van der Waals surface area contributed by atoms with Crippen LogP contribution in [-0.4, -0.2) is 16.8 Å². The number of hydrogen-bond donors (Lipinski definition) is 1. The standard InChI is InChI=1S/C16H12BrNO5/c1-8-7-11-12(14(19)13(17)16(21)23-11)15(20)18(8)9-3-5-10(22-2)6-4-9/h3-7,19H,1-2H3. The predicted molar refractivity (Wildman–Crippen MR) is 88.7 cm³/mol. The Morgan fingerprint density at radius 3 is 2.48 bits per heavy atom. The predicted octanol–water partition coefficient (Wildman–Crippen LogP) is 2.73. The summed E-state index contributed by atoms with van der Waals surface area (Å²) in [6, 6.07) is 8.45. The van der Waals surface area contributed by atoms with Crippen molar-refractivity contribution in [2.24, 2.45) is 0 Å². The largest absolute Gasteiger partial charge is 0.506 e. The second-order valence-electron chi connectivity index (χ2n) is 4.92. The minimum atomic E-state index is -0.740. The molecule has 2 heterocycles. The van der Waals surface area contributed by atoms with Crippen molar-refractivity contribution in [1.82, 2.24) is 4.57 Å². The van der Waals surface area contributed by atoms with Gasteiger partial charge in [-0.3, -0.25) is 9.36 Å². The molecule has 0 saturated heterocycles. The molecule has 0 aliphatic heterocycles. The zero-order valence-electron chi connectivity index (χ0n) is 12.3. The molecule has 0 bridgehead atoms. The zero-order valence-corrected chi connectivity index (χ0v) is 13.9. The average molecular weight is 378 g/mol. The summed E-state index contributed by atoms with van der Waals surface area (Å²) in [5, 5.41) is 10.1. The minimum Gasteiger partial charge on any atom is -0.506 e. The van der Waals surface area contributed by atoms with Crippen LogP contribution in [0.25, 0.3) is 16.7 Å². The van der Waals surface area contributed by atoms with Crippen LogP contribution < -0.4 is 15.9 Å². The molecule has 0 aliphatic carbocycles. The van der Waals surface area contributed by atoms with Gasteiger partial charge in [0.05, 0.1) is 7.11 Å². The number of halogens is 1. The van der Waals surface area contributed by atoms with Crippen LogP contribution in [0.4, 0.5) is 0 Å². The Morgan fingerprint density at radius 2 is 1.87 bits per heavy atom. The molecule has 6 nitrogen and oxygen atoms in total. The molecule has 7 heteroatoms. The van der Waals surface area contributed by atoms with Gasteiger partial charge in [0, 0.05) is 17.4 Å². The SMILES string of the molecule is COc1ccc(-n2c(C)cc3oc(=O)c(Br)c(O)c3c2=O)cc1. The van der Waals surface area contributed by atoms with E-state index in [0.29, 0.717) is 17.1 Å². The lowest BCUT2D eigenvalue weighted by Crippen LogP contribution is -2.21. The van der Waals surface area contributed by atoms with E-state index in [1.807, 2.05) is 0 Å². The van der Waals surface area contributed by atoms with Crippen LogP contribution in [0, 0.1) is 6.92 Å².